The average molecular weight is 281 g/mol. The van der Waals surface area contributed by atoms with Crippen molar-refractivity contribution in [1.82, 2.24) is 0 Å². The molecule has 0 aliphatic rings. The molecule has 0 heterocycles. The van der Waals surface area contributed by atoms with Crippen LogP contribution in [0.1, 0.15) is 29.2 Å². The van der Waals surface area contributed by atoms with Crippen LogP contribution >= 0.6 is 0 Å². The number of nitrogens with one attached hydrogen (secondary N) is 1. The van der Waals surface area contributed by atoms with Crippen LogP contribution in [0, 0.1) is 26.7 Å². The van der Waals surface area contributed by atoms with Gasteiger partial charge >= 0.3 is 0 Å². The molecule has 0 bridgehead atoms. The second-order valence-corrected chi connectivity index (χ2v) is 5.85. The van der Waals surface area contributed by atoms with E-state index >= 15 is 0 Å². The highest BCUT2D eigenvalue weighted by Gasteiger charge is 2.15. The van der Waals surface area contributed by atoms with Crippen LogP contribution in [0.25, 0.3) is 0 Å². The van der Waals surface area contributed by atoms with Crippen LogP contribution in [0.3, 0.4) is 0 Å². The zero-order chi connectivity index (χ0) is 15.4. The van der Waals surface area contributed by atoms with Crippen molar-refractivity contribution in [2.24, 2.45) is 5.92 Å². The fraction of sp³-hybridized carbons (Fsp3) is 0.316. The molecule has 0 aliphatic carbocycles. The summed E-state index contributed by atoms with van der Waals surface area (Å²) in [5.41, 5.74) is 5.60. The molecule has 0 spiro atoms. The lowest BCUT2D eigenvalue weighted by atomic mass is 9.99. The van der Waals surface area contributed by atoms with E-state index in [1.165, 1.54) is 11.1 Å². The summed E-state index contributed by atoms with van der Waals surface area (Å²) in [6.45, 7) is 8.12. The maximum absolute atomic E-state index is 12.4. The van der Waals surface area contributed by atoms with E-state index in [1.807, 2.05) is 39.0 Å². The first kappa shape index (κ1) is 15.3. The van der Waals surface area contributed by atoms with Gasteiger partial charge < -0.3 is 5.32 Å². The Labute approximate surface area is 127 Å². The molecule has 2 nitrogen and oxygen atoms in total. The Morgan fingerprint density at radius 2 is 1.62 bits per heavy atom. The van der Waals surface area contributed by atoms with E-state index in [4.69, 9.17) is 0 Å². The lowest BCUT2D eigenvalue weighted by Gasteiger charge is -2.16. The Morgan fingerprint density at radius 1 is 1.05 bits per heavy atom. The fourth-order valence-electron chi connectivity index (χ4n) is 2.68. The Morgan fingerprint density at radius 3 is 2.19 bits per heavy atom. The molecule has 2 rings (SSSR count). The maximum atomic E-state index is 12.4. The zero-order valence-corrected chi connectivity index (χ0v) is 13.2. The number of benzene rings is 2. The van der Waals surface area contributed by atoms with Gasteiger partial charge in [0.1, 0.15) is 0 Å². The van der Waals surface area contributed by atoms with E-state index < -0.39 is 0 Å². The third-order valence-corrected chi connectivity index (χ3v) is 3.76. The minimum atomic E-state index is -0.0486. The molecule has 0 radical (unpaired) electrons. The Bertz CT molecular complexity index is 608. The highest BCUT2D eigenvalue weighted by molar-refractivity contribution is 5.94. The van der Waals surface area contributed by atoms with Gasteiger partial charge in [-0.2, -0.15) is 0 Å². The number of carbonyl (C=O) groups excluding carboxylic acids is 1. The lowest BCUT2D eigenvalue weighted by Crippen LogP contribution is -2.23. The summed E-state index contributed by atoms with van der Waals surface area (Å²) in [5, 5.41) is 3.09. The molecule has 21 heavy (non-hydrogen) atoms. The van der Waals surface area contributed by atoms with Gasteiger partial charge in [0.2, 0.25) is 5.91 Å². The largest absolute Gasteiger partial charge is 0.325 e. The number of rotatable bonds is 4. The Hall–Kier alpha value is -2.09. The topological polar surface area (TPSA) is 29.1 Å². The molecule has 1 atom stereocenters. The van der Waals surface area contributed by atoms with Crippen molar-refractivity contribution in [2.45, 2.75) is 34.1 Å². The predicted molar refractivity (Wildman–Crippen MR) is 88.6 cm³/mol. The van der Waals surface area contributed by atoms with Crippen LogP contribution in [0.4, 0.5) is 5.69 Å². The van der Waals surface area contributed by atoms with Crippen LogP contribution in [-0.4, -0.2) is 5.91 Å². The van der Waals surface area contributed by atoms with Crippen molar-refractivity contribution in [3.05, 3.63) is 64.7 Å². The monoisotopic (exact) mass is 281 g/mol. The summed E-state index contributed by atoms with van der Waals surface area (Å²) in [6, 6.07) is 14.3. The van der Waals surface area contributed by atoms with E-state index in [1.54, 1.807) is 0 Å². The summed E-state index contributed by atoms with van der Waals surface area (Å²) in [7, 11) is 0. The van der Waals surface area contributed by atoms with Crippen molar-refractivity contribution in [3.8, 4) is 0 Å². The first-order valence-corrected chi connectivity index (χ1v) is 7.40. The predicted octanol–water partition coefficient (Wildman–Crippen LogP) is 4.43. The van der Waals surface area contributed by atoms with Gasteiger partial charge in [-0.1, -0.05) is 55.0 Å². The number of anilines is 1. The summed E-state index contributed by atoms with van der Waals surface area (Å²) >= 11 is 0. The maximum Gasteiger partial charge on any atom is 0.227 e. The molecule has 1 N–H and O–H groups in total. The standard InChI is InChI=1S/C19H23NO/c1-13-10-14(2)18(15(3)11-13)20-19(21)16(4)12-17-8-6-5-7-9-17/h5-11,16H,12H2,1-4H3,(H,20,21). The average Bonchev–Trinajstić information content (AvgIpc) is 2.43. The van der Waals surface area contributed by atoms with E-state index in [-0.39, 0.29) is 11.8 Å². The highest BCUT2D eigenvalue weighted by Crippen LogP contribution is 2.23. The molecule has 0 saturated heterocycles. The fourth-order valence-corrected chi connectivity index (χ4v) is 2.68. The van der Waals surface area contributed by atoms with Crippen molar-refractivity contribution in [1.29, 1.82) is 0 Å². The molecule has 2 aromatic rings. The number of hydrogen-bond donors (Lipinski definition) is 1. The summed E-state index contributed by atoms with van der Waals surface area (Å²) in [6.07, 6.45) is 0.761. The summed E-state index contributed by atoms with van der Waals surface area (Å²) < 4.78 is 0. The van der Waals surface area contributed by atoms with Crippen LogP contribution in [0.2, 0.25) is 0 Å². The zero-order valence-electron chi connectivity index (χ0n) is 13.2. The van der Waals surface area contributed by atoms with Gasteiger partial charge in [0.25, 0.3) is 0 Å². The number of amides is 1. The number of carbonyl (C=O) groups is 1. The van der Waals surface area contributed by atoms with Gasteiger partial charge in [-0.15, -0.1) is 0 Å². The van der Waals surface area contributed by atoms with Crippen molar-refractivity contribution < 1.29 is 4.79 Å². The third-order valence-electron chi connectivity index (χ3n) is 3.76. The minimum absolute atomic E-state index is 0.0486. The second-order valence-electron chi connectivity index (χ2n) is 5.85. The Balaban J connectivity index is 2.08. The number of aryl methyl sites for hydroxylation is 3. The van der Waals surface area contributed by atoms with Gasteiger partial charge in [0, 0.05) is 11.6 Å². The lowest BCUT2D eigenvalue weighted by molar-refractivity contribution is -0.119. The van der Waals surface area contributed by atoms with Gasteiger partial charge in [-0.05, 0) is 43.9 Å². The smallest absolute Gasteiger partial charge is 0.227 e. The van der Waals surface area contributed by atoms with Gasteiger partial charge in [-0.3, -0.25) is 4.79 Å². The van der Waals surface area contributed by atoms with E-state index in [0.29, 0.717) is 0 Å². The second kappa shape index (κ2) is 6.57. The van der Waals surface area contributed by atoms with Crippen LogP contribution in [0.15, 0.2) is 42.5 Å². The van der Waals surface area contributed by atoms with Gasteiger partial charge in [-0.25, -0.2) is 0 Å². The van der Waals surface area contributed by atoms with Crippen molar-refractivity contribution in [3.63, 3.8) is 0 Å². The van der Waals surface area contributed by atoms with Crippen LogP contribution < -0.4 is 5.32 Å². The molecule has 1 unspecified atom stereocenters. The molecule has 0 fully saturated rings. The van der Waals surface area contributed by atoms with E-state index in [9.17, 15) is 4.79 Å². The van der Waals surface area contributed by atoms with Crippen LogP contribution in [0.5, 0.6) is 0 Å². The highest BCUT2D eigenvalue weighted by atomic mass is 16.1. The Kier molecular flexibility index (Phi) is 4.79. The van der Waals surface area contributed by atoms with Crippen molar-refractivity contribution >= 4 is 11.6 Å². The summed E-state index contributed by atoms with van der Waals surface area (Å²) in [4.78, 5) is 12.4. The van der Waals surface area contributed by atoms with Crippen LogP contribution in [-0.2, 0) is 11.2 Å². The third kappa shape index (κ3) is 3.94. The van der Waals surface area contributed by atoms with Crippen molar-refractivity contribution in [2.75, 3.05) is 5.32 Å². The summed E-state index contributed by atoms with van der Waals surface area (Å²) in [5.74, 6) is 0.0291. The normalized spacial score (nSPS) is 12.0. The first-order valence-electron chi connectivity index (χ1n) is 7.40. The molecule has 0 aromatic heterocycles. The molecular weight excluding hydrogens is 258 g/mol. The molecule has 0 aliphatic heterocycles. The van der Waals surface area contributed by atoms with E-state index in [2.05, 4.69) is 36.5 Å². The number of hydrogen-bond acceptors (Lipinski definition) is 1. The quantitative estimate of drug-likeness (QED) is 0.882. The van der Waals surface area contributed by atoms with Gasteiger partial charge in [0.05, 0.1) is 0 Å². The SMILES string of the molecule is Cc1cc(C)c(NC(=O)C(C)Cc2ccccc2)c(C)c1. The molecule has 110 valence electrons. The molecule has 2 aromatic carbocycles. The molecule has 0 saturated carbocycles. The molecule has 2 heteroatoms. The molecular formula is C19H23NO. The van der Waals surface area contributed by atoms with E-state index in [0.717, 1.165) is 23.2 Å². The minimum Gasteiger partial charge on any atom is -0.325 e. The van der Waals surface area contributed by atoms with Gasteiger partial charge in [0.15, 0.2) is 0 Å². The first-order chi connectivity index (χ1) is 9.97. The molecule has 1 amide bonds.